The molecule has 1 amide bonds. The topological polar surface area (TPSA) is 55.6 Å². The molecule has 24 heavy (non-hydrogen) atoms. The van der Waals surface area contributed by atoms with Gasteiger partial charge in [0.25, 0.3) is 5.91 Å². The number of nitrogens with zero attached hydrogens (tertiary/aromatic N) is 1. The molecule has 0 aliphatic carbocycles. The van der Waals surface area contributed by atoms with Gasteiger partial charge in [-0.05, 0) is 31.5 Å². The summed E-state index contributed by atoms with van der Waals surface area (Å²) in [4.78, 5) is 13.6. The lowest BCUT2D eigenvalue weighted by Crippen LogP contribution is -2.44. The number of hydrogen-bond acceptors (Lipinski definition) is 3. The molecule has 0 saturated carbocycles. The molecule has 1 unspecified atom stereocenters. The second-order valence-corrected chi connectivity index (χ2v) is 5.69. The van der Waals surface area contributed by atoms with E-state index in [0.717, 1.165) is 12.1 Å². The Bertz CT molecular complexity index is 839. The molecule has 0 fully saturated rings. The number of carbonyl (C=O) groups is 1. The minimum absolute atomic E-state index is 0.0665. The van der Waals surface area contributed by atoms with E-state index in [-0.39, 0.29) is 29.2 Å². The fourth-order valence-corrected chi connectivity index (χ4v) is 2.62. The molecule has 3 rings (SSSR count). The monoisotopic (exact) mass is 336 g/mol. The summed E-state index contributed by atoms with van der Waals surface area (Å²) in [6.07, 6.45) is -0.947. The van der Waals surface area contributed by atoms with Crippen LogP contribution >= 0.6 is 0 Å². The van der Waals surface area contributed by atoms with Gasteiger partial charge in [-0.1, -0.05) is 6.07 Å². The summed E-state index contributed by atoms with van der Waals surface area (Å²) in [6, 6.07) is 4.60. The molecule has 2 N–H and O–H groups in total. The first-order valence-electron chi connectivity index (χ1n) is 7.30. The van der Waals surface area contributed by atoms with Crippen LogP contribution in [-0.2, 0) is 11.3 Å². The van der Waals surface area contributed by atoms with Crippen LogP contribution in [0.5, 0.6) is 5.75 Å². The van der Waals surface area contributed by atoms with Gasteiger partial charge in [-0.25, -0.2) is 13.2 Å². The minimum Gasteiger partial charge on any atom is -0.476 e. The fourth-order valence-electron chi connectivity index (χ4n) is 2.62. The number of amides is 1. The van der Waals surface area contributed by atoms with Crippen LogP contribution in [0.25, 0.3) is 0 Å². The lowest BCUT2D eigenvalue weighted by molar-refractivity contribution is -0.125. The number of halogens is 3. The van der Waals surface area contributed by atoms with Crippen LogP contribution in [0.4, 0.5) is 24.5 Å². The number of fused-ring (bicyclic) bond motifs is 1. The summed E-state index contributed by atoms with van der Waals surface area (Å²) >= 11 is 0. The molecule has 2 aromatic rings. The first-order chi connectivity index (χ1) is 11.3. The van der Waals surface area contributed by atoms with Crippen molar-refractivity contribution in [2.75, 3.05) is 10.6 Å². The first kappa shape index (κ1) is 16.2. The smallest absolute Gasteiger partial charge is 0.268 e. The van der Waals surface area contributed by atoms with Crippen molar-refractivity contribution in [3.8, 4) is 5.75 Å². The van der Waals surface area contributed by atoms with Crippen molar-refractivity contribution < 1.29 is 22.7 Å². The largest absolute Gasteiger partial charge is 0.476 e. The Morgan fingerprint density at radius 3 is 2.62 bits per heavy atom. The molecular weight excluding hydrogens is 321 g/mol. The van der Waals surface area contributed by atoms with Gasteiger partial charge in [-0.2, -0.15) is 0 Å². The van der Waals surface area contributed by atoms with E-state index in [2.05, 4.69) is 0 Å². The average molecular weight is 336 g/mol. The highest BCUT2D eigenvalue weighted by molar-refractivity contribution is 6.00. The predicted molar refractivity (Wildman–Crippen MR) is 83.2 cm³/mol. The second kappa shape index (κ2) is 5.74. The number of hydrogen-bond donors (Lipinski definition) is 1. The molecular formula is C17H15F3N2O2. The second-order valence-electron chi connectivity index (χ2n) is 5.69. The van der Waals surface area contributed by atoms with Crippen molar-refractivity contribution in [2.45, 2.75) is 26.5 Å². The molecule has 2 aromatic carbocycles. The third-order valence-corrected chi connectivity index (χ3v) is 3.99. The van der Waals surface area contributed by atoms with E-state index < -0.39 is 29.5 Å². The van der Waals surface area contributed by atoms with E-state index in [1.807, 2.05) is 0 Å². The number of anilines is 2. The van der Waals surface area contributed by atoms with Crippen LogP contribution < -0.4 is 15.4 Å². The number of ether oxygens (including phenoxy) is 1. The van der Waals surface area contributed by atoms with E-state index >= 15 is 0 Å². The van der Waals surface area contributed by atoms with E-state index in [4.69, 9.17) is 10.5 Å². The fraction of sp³-hybridized carbons (Fsp3) is 0.235. The van der Waals surface area contributed by atoms with Crippen molar-refractivity contribution >= 4 is 17.3 Å². The average Bonchev–Trinajstić information content (AvgIpc) is 2.53. The summed E-state index contributed by atoms with van der Waals surface area (Å²) in [5.41, 5.74) is 6.31. The lowest BCUT2D eigenvalue weighted by atomic mass is 10.1. The molecule has 1 heterocycles. The molecule has 1 aliphatic heterocycles. The van der Waals surface area contributed by atoms with Gasteiger partial charge in [0.2, 0.25) is 0 Å². The number of nitrogen functional groups attached to an aromatic ring is 1. The Labute approximate surface area is 136 Å². The quantitative estimate of drug-likeness (QED) is 0.856. The number of rotatable bonds is 2. The van der Waals surface area contributed by atoms with Crippen LogP contribution in [0, 0.1) is 24.4 Å². The molecule has 0 aromatic heterocycles. The molecule has 0 spiro atoms. The van der Waals surface area contributed by atoms with Gasteiger partial charge in [-0.15, -0.1) is 0 Å². The van der Waals surface area contributed by atoms with Crippen LogP contribution in [-0.4, -0.2) is 12.0 Å². The van der Waals surface area contributed by atoms with Crippen LogP contribution in [0.3, 0.4) is 0 Å². The Hall–Kier alpha value is -2.70. The summed E-state index contributed by atoms with van der Waals surface area (Å²) in [7, 11) is 0. The Morgan fingerprint density at radius 2 is 1.96 bits per heavy atom. The zero-order valence-electron chi connectivity index (χ0n) is 13.1. The highest BCUT2D eigenvalue weighted by Gasteiger charge is 2.35. The Kier molecular flexibility index (Phi) is 3.87. The van der Waals surface area contributed by atoms with Crippen LogP contribution in [0.1, 0.15) is 18.1 Å². The van der Waals surface area contributed by atoms with Crippen molar-refractivity contribution in [1.82, 2.24) is 0 Å². The maximum Gasteiger partial charge on any atom is 0.268 e. The number of nitrogens with two attached hydrogens (primary N) is 1. The van der Waals surface area contributed by atoms with Crippen molar-refractivity contribution in [3.05, 3.63) is 52.8 Å². The zero-order chi connectivity index (χ0) is 17.6. The number of aryl methyl sites for hydroxylation is 1. The molecule has 1 atom stereocenters. The third-order valence-electron chi connectivity index (χ3n) is 3.99. The normalized spacial score (nSPS) is 16.8. The van der Waals surface area contributed by atoms with Gasteiger partial charge in [0.05, 0.1) is 17.9 Å². The third kappa shape index (κ3) is 2.55. The van der Waals surface area contributed by atoms with E-state index in [0.29, 0.717) is 5.56 Å². The molecule has 0 bridgehead atoms. The lowest BCUT2D eigenvalue weighted by Gasteiger charge is -2.34. The highest BCUT2D eigenvalue weighted by Crippen LogP contribution is 2.41. The van der Waals surface area contributed by atoms with Gasteiger partial charge in [-0.3, -0.25) is 4.79 Å². The van der Waals surface area contributed by atoms with Crippen molar-refractivity contribution in [2.24, 2.45) is 0 Å². The van der Waals surface area contributed by atoms with Crippen molar-refractivity contribution in [3.63, 3.8) is 0 Å². The van der Waals surface area contributed by atoms with Gasteiger partial charge in [0.15, 0.2) is 17.7 Å². The molecule has 4 nitrogen and oxygen atoms in total. The van der Waals surface area contributed by atoms with Gasteiger partial charge in [0, 0.05) is 11.6 Å². The highest BCUT2D eigenvalue weighted by atomic mass is 19.1. The van der Waals surface area contributed by atoms with Gasteiger partial charge in [0.1, 0.15) is 11.6 Å². The van der Waals surface area contributed by atoms with Crippen molar-refractivity contribution in [1.29, 1.82) is 0 Å². The first-order valence-corrected chi connectivity index (χ1v) is 7.30. The van der Waals surface area contributed by atoms with E-state index in [1.54, 1.807) is 6.92 Å². The van der Waals surface area contributed by atoms with E-state index in [1.165, 1.54) is 24.0 Å². The standard InChI is InChI=1S/C17H15F3N2O2/c1-8-5-13-16(14(20)15(8)21)24-9(2)17(23)22(13)7-10-3-4-11(18)6-12(10)19/h3-6,9H,7,21H2,1-2H3. The van der Waals surface area contributed by atoms with Gasteiger partial charge >= 0.3 is 0 Å². The summed E-state index contributed by atoms with van der Waals surface area (Å²) in [6.45, 7) is 2.89. The molecule has 0 radical (unpaired) electrons. The molecule has 7 heteroatoms. The minimum atomic E-state index is -0.947. The SMILES string of the molecule is Cc1cc2c(c(F)c1N)OC(C)C(=O)N2Cc1ccc(F)cc1F. The maximum atomic E-state index is 14.4. The Balaban J connectivity index is 2.09. The summed E-state index contributed by atoms with van der Waals surface area (Å²) < 4.78 is 46.7. The Morgan fingerprint density at radius 1 is 1.25 bits per heavy atom. The zero-order valence-corrected chi connectivity index (χ0v) is 13.1. The van der Waals surface area contributed by atoms with Crippen LogP contribution in [0.2, 0.25) is 0 Å². The molecule has 0 saturated heterocycles. The summed E-state index contributed by atoms with van der Waals surface area (Å²) in [5, 5.41) is 0. The predicted octanol–water partition coefficient (Wildman–Crippen LogP) is 3.31. The molecule has 126 valence electrons. The summed E-state index contributed by atoms with van der Waals surface area (Å²) in [5.74, 6) is -2.85. The number of carbonyl (C=O) groups excluding carboxylic acids is 1. The van der Waals surface area contributed by atoms with Gasteiger partial charge < -0.3 is 15.4 Å². The van der Waals surface area contributed by atoms with Crippen LogP contribution in [0.15, 0.2) is 24.3 Å². The molecule has 1 aliphatic rings. The maximum absolute atomic E-state index is 14.4. The number of benzene rings is 2. The van der Waals surface area contributed by atoms with E-state index in [9.17, 15) is 18.0 Å².